The summed E-state index contributed by atoms with van der Waals surface area (Å²) in [5.41, 5.74) is 1.15. The van der Waals surface area contributed by atoms with Crippen LogP contribution in [0.2, 0.25) is 0 Å². The third-order valence-electron chi connectivity index (χ3n) is 2.65. The molecule has 0 saturated heterocycles. The Morgan fingerprint density at radius 2 is 2.18 bits per heavy atom. The van der Waals surface area contributed by atoms with Crippen LogP contribution in [0, 0.1) is 11.7 Å². The molecule has 1 aliphatic rings. The molecule has 1 N–H and O–H groups in total. The first-order chi connectivity index (χ1) is 8.24. The molecule has 0 fully saturated rings. The second kappa shape index (κ2) is 6.05. The predicted molar refractivity (Wildman–Crippen MR) is 72.0 cm³/mol. The maximum atomic E-state index is 12.7. The Hall–Kier alpha value is -1.03. The monoisotopic (exact) mass is 252 g/mol. The fraction of sp³-hybridized carbons (Fsp3) is 0.462. The van der Waals surface area contributed by atoms with Gasteiger partial charge in [0, 0.05) is 18.8 Å². The van der Waals surface area contributed by atoms with Crippen molar-refractivity contribution in [1.82, 2.24) is 5.32 Å². The van der Waals surface area contributed by atoms with E-state index in [9.17, 15) is 4.39 Å². The maximum absolute atomic E-state index is 12.7. The van der Waals surface area contributed by atoms with Crippen molar-refractivity contribution in [2.24, 2.45) is 10.9 Å². The summed E-state index contributed by atoms with van der Waals surface area (Å²) in [5.74, 6) is 1.65. The Morgan fingerprint density at radius 1 is 1.41 bits per heavy atom. The summed E-state index contributed by atoms with van der Waals surface area (Å²) in [4.78, 5) is 4.46. The van der Waals surface area contributed by atoms with E-state index in [1.807, 2.05) is 12.1 Å². The van der Waals surface area contributed by atoms with Crippen LogP contribution in [0.5, 0.6) is 0 Å². The molecule has 0 spiro atoms. The SMILES string of the molecule is CC1CN=C(NCCc2ccc(F)cc2)SC1. The quantitative estimate of drug-likeness (QED) is 0.894. The first-order valence-corrected chi connectivity index (χ1v) is 6.88. The van der Waals surface area contributed by atoms with Crippen molar-refractivity contribution in [1.29, 1.82) is 0 Å². The number of hydrogen-bond acceptors (Lipinski definition) is 3. The van der Waals surface area contributed by atoms with Gasteiger partial charge in [-0.2, -0.15) is 0 Å². The lowest BCUT2D eigenvalue weighted by molar-refractivity contribution is 0.627. The number of benzene rings is 1. The van der Waals surface area contributed by atoms with Crippen molar-refractivity contribution in [3.63, 3.8) is 0 Å². The van der Waals surface area contributed by atoms with Gasteiger partial charge in [-0.25, -0.2) is 4.39 Å². The Labute approximate surface area is 106 Å². The third-order valence-corrected chi connectivity index (χ3v) is 3.94. The maximum Gasteiger partial charge on any atom is 0.156 e. The second-order valence-electron chi connectivity index (χ2n) is 4.37. The highest BCUT2D eigenvalue weighted by Gasteiger charge is 2.11. The first-order valence-electron chi connectivity index (χ1n) is 5.89. The standard InChI is InChI=1S/C13H17FN2S/c1-10-8-16-13(17-9-10)15-7-6-11-2-4-12(14)5-3-11/h2-5,10H,6-9H2,1H3,(H,15,16). The van der Waals surface area contributed by atoms with Gasteiger partial charge in [-0.15, -0.1) is 0 Å². The molecular weight excluding hydrogens is 235 g/mol. The van der Waals surface area contributed by atoms with Gasteiger partial charge in [-0.05, 0) is 30.0 Å². The summed E-state index contributed by atoms with van der Waals surface area (Å²) in [6.07, 6.45) is 0.898. The molecule has 4 heteroatoms. The Balaban J connectivity index is 1.74. The van der Waals surface area contributed by atoms with E-state index >= 15 is 0 Å². The van der Waals surface area contributed by atoms with E-state index in [4.69, 9.17) is 0 Å². The summed E-state index contributed by atoms with van der Waals surface area (Å²) in [5, 5.41) is 4.37. The summed E-state index contributed by atoms with van der Waals surface area (Å²) in [6, 6.07) is 6.66. The number of rotatable bonds is 3. The largest absolute Gasteiger partial charge is 0.365 e. The lowest BCUT2D eigenvalue weighted by atomic mass is 10.1. The molecule has 1 aromatic rings. The minimum absolute atomic E-state index is 0.178. The number of halogens is 1. The first kappa shape index (κ1) is 12.4. The zero-order valence-electron chi connectivity index (χ0n) is 9.95. The van der Waals surface area contributed by atoms with Crippen LogP contribution in [-0.4, -0.2) is 24.0 Å². The fourth-order valence-electron chi connectivity index (χ4n) is 1.63. The number of hydrogen-bond donors (Lipinski definition) is 1. The molecule has 2 rings (SSSR count). The summed E-state index contributed by atoms with van der Waals surface area (Å²) in [6.45, 7) is 3.99. The molecule has 1 aromatic carbocycles. The second-order valence-corrected chi connectivity index (χ2v) is 5.37. The summed E-state index contributed by atoms with van der Waals surface area (Å²) >= 11 is 1.79. The lowest BCUT2D eigenvalue weighted by Crippen LogP contribution is -2.27. The minimum Gasteiger partial charge on any atom is -0.365 e. The number of thioether (sulfide) groups is 1. The fourth-order valence-corrected chi connectivity index (χ4v) is 2.55. The van der Waals surface area contributed by atoms with Gasteiger partial charge < -0.3 is 5.32 Å². The van der Waals surface area contributed by atoms with Gasteiger partial charge in [0.05, 0.1) is 0 Å². The highest BCUT2D eigenvalue weighted by Crippen LogP contribution is 2.15. The molecular formula is C13H17FN2S. The molecule has 0 aliphatic carbocycles. The normalized spacial score (nSPS) is 19.9. The van der Waals surface area contributed by atoms with Crippen LogP contribution >= 0.6 is 11.8 Å². The molecule has 2 nitrogen and oxygen atoms in total. The van der Waals surface area contributed by atoms with E-state index in [2.05, 4.69) is 17.2 Å². The molecule has 92 valence electrons. The summed E-state index contributed by atoms with van der Waals surface area (Å²) in [7, 11) is 0. The van der Waals surface area contributed by atoms with E-state index in [-0.39, 0.29) is 5.82 Å². The van der Waals surface area contributed by atoms with Crippen LogP contribution in [0.4, 0.5) is 4.39 Å². The van der Waals surface area contributed by atoms with E-state index in [0.29, 0.717) is 5.92 Å². The van der Waals surface area contributed by atoms with Crippen LogP contribution in [-0.2, 0) is 6.42 Å². The van der Waals surface area contributed by atoms with E-state index in [1.165, 1.54) is 12.1 Å². The predicted octanol–water partition coefficient (Wildman–Crippen LogP) is 2.70. The van der Waals surface area contributed by atoms with Gasteiger partial charge in [0.1, 0.15) is 5.82 Å². The van der Waals surface area contributed by atoms with Crippen LogP contribution in [0.15, 0.2) is 29.3 Å². The highest BCUT2D eigenvalue weighted by molar-refractivity contribution is 8.13. The van der Waals surface area contributed by atoms with Gasteiger partial charge in [-0.1, -0.05) is 30.8 Å². The Bertz CT molecular complexity index is 389. The van der Waals surface area contributed by atoms with Crippen molar-refractivity contribution in [3.8, 4) is 0 Å². The van der Waals surface area contributed by atoms with Crippen molar-refractivity contribution in [3.05, 3.63) is 35.6 Å². The minimum atomic E-state index is -0.178. The smallest absolute Gasteiger partial charge is 0.156 e. The zero-order valence-corrected chi connectivity index (χ0v) is 10.8. The van der Waals surface area contributed by atoms with Crippen molar-refractivity contribution in [2.75, 3.05) is 18.8 Å². The van der Waals surface area contributed by atoms with Crippen molar-refractivity contribution in [2.45, 2.75) is 13.3 Å². The van der Waals surface area contributed by atoms with Crippen LogP contribution < -0.4 is 5.32 Å². The van der Waals surface area contributed by atoms with Crippen LogP contribution in [0.3, 0.4) is 0 Å². The van der Waals surface area contributed by atoms with Crippen LogP contribution in [0.25, 0.3) is 0 Å². The molecule has 17 heavy (non-hydrogen) atoms. The molecule has 0 radical (unpaired) electrons. The van der Waals surface area contributed by atoms with Gasteiger partial charge in [-0.3, -0.25) is 4.99 Å². The number of aliphatic imine (C=N–C) groups is 1. The van der Waals surface area contributed by atoms with Gasteiger partial charge in [0.2, 0.25) is 0 Å². The Morgan fingerprint density at radius 3 is 2.82 bits per heavy atom. The zero-order chi connectivity index (χ0) is 12.1. The molecule has 1 aliphatic heterocycles. The lowest BCUT2D eigenvalue weighted by Gasteiger charge is -2.17. The molecule has 1 atom stereocenters. The number of nitrogens with zero attached hydrogens (tertiary/aromatic N) is 1. The highest BCUT2D eigenvalue weighted by atomic mass is 32.2. The van der Waals surface area contributed by atoms with E-state index in [1.54, 1.807) is 11.8 Å². The van der Waals surface area contributed by atoms with Gasteiger partial charge in [0.15, 0.2) is 5.17 Å². The van der Waals surface area contributed by atoms with E-state index < -0.39 is 0 Å². The topological polar surface area (TPSA) is 24.4 Å². The molecule has 1 unspecified atom stereocenters. The molecule has 0 amide bonds. The van der Waals surface area contributed by atoms with Crippen LogP contribution in [0.1, 0.15) is 12.5 Å². The van der Waals surface area contributed by atoms with Crippen molar-refractivity contribution < 1.29 is 4.39 Å². The van der Waals surface area contributed by atoms with E-state index in [0.717, 1.165) is 36.0 Å². The average molecular weight is 252 g/mol. The molecule has 0 saturated carbocycles. The summed E-state index contributed by atoms with van der Waals surface area (Å²) < 4.78 is 12.7. The van der Waals surface area contributed by atoms with Gasteiger partial charge in [0.25, 0.3) is 0 Å². The average Bonchev–Trinajstić information content (AvgIpc) is 2.34. The number of nitrogens with one attached hydrogen (secondary N) is 1. The molecule has 0 aromatic heterocycles. The Kier molecular flexibility index (Phi) is 4.42. The molecule has 1 heterocycles. The van der Waals surface area contributed by atoms with Gasteiger partial charge >= 0.3 is 0 Å². The van der Waals surface area contributed by atoms with Crippen molar-refractivity contribution >= 4 is 16.9 Å². The third kappa shape index (κ3) is 4.04. The number of amidine groups is 1. The molecule has 0 bridgehead atoms.